The topological polar surface area (TPSA) is 81.4 Å². The average Bonchev–Trinajstić information content (AvgIpc) is 3.27. The van der Waals surface area contributed by atoms with Crippen molar-refractivity contribution in [2.45, 2.75) is 37.5 Å². The zero-order valence-electron chi connectivity index (χ0n) is 11.9. The summed E-state index contributed by atoms with van der Waals surface area (Å²) in [6.45, 7) is 0.550. The lowest BCUT2D eigenvalue weighted by atomic mass is 10.2. The summed E-state index contributed by atoms with van der Waals surface area (Å²) in [5.41, 5.74) is 1.11. The molecule has 0 aliphatic heterocycles. The maximum absolute atomic E-state index is 12.6. The maximum atomic E-state index is 12.6. The molecule has 5 nitrogen and oxygen atoms in total. The van der Waals surface area contributed by atoms with E-state index in [4.69, 9.17) is 10.4 Å². The lowest BCUT2D eigenvalue weighted by molar-refractivity contribution is 0.275. The Kier molecular flexibility index (Phi) is 5.34. The molecule has 0 saturated heterocycles. The fraction of sp³-hybridized carbons (Fsp3) is 0.533. The Hall–Kier alpha value is -1.42. The Morgan fingerprint density at radius 3 is 2.71 bits per heavy atom. The second-order valence-corrected chi connectivity index (χ2v) is 7.26. The summed E-state index contributed by atoms with van der Waals surface area (Å²) in [6, 6.07) is 8.86. The zero-order chi connectivity index (χ0) is 15.3. The van der Waals surface area contributed by atoms with Crippen molar-refractivity contribution in [2.24, 2.45) is 0 Å². The highest BCUT2D eigenvalue weighted by Gasteiger charge is 2.36. The number of aliphatic hydroxyl groups excluding tert-OH is 1. The lowest BCUT2D eigenvalue weighted by Crippen LogP contribution is -2.35. The maximum Gasteiger partial charge on any atom is 0.218 e. The van der Waals surface area contributed by atoms with Gasteiger partial charge in [-0.15, -0.1) is 0 Å². The van der Waals surface area contributed by atoms with Crippen molar-refractivity contribution in [3.63, 3.8) is 0 Å². The van der Waals surface area contributed by atoms with Gasteiger partial charge in [0.2, 0.25) is 10.0 Å². The van der Waals surface area contributed by atoms with Crippen molar-refractivity contribution < 1.29 is 13.5 Å². The Morgan fingerprint density at radius 1 is 1.33 bits per heavy atom. The smallest absolute Gasteiger partial charge is 0.218 e. The minimum absolute atomic E-state index is 0.0713. The number of hydrogen-bond donors (Lipinski definition) is 1. The first-order chi connectivity index (χ1) is 10.1. The van der Waals surface area contributed by atoms with Gasteiger partial charge in [0, 0.05) is 19.2 Å². The van der Waals surface area contributed by atoms with Crippen molar-refractivity contribution in [2.75, 3.05) is 13.2 Å². The summed E-state index contributed by atoms with van der Waals surface area (Å²) in [5.74, 6) is -0.0713. The highest BCUT2D eigenvalue weighted by atomic mass is 32.2. The van der Waals surface area contributed by atoms with E-state index in [-0.39, 0.29) is 18.4 Å². The third-order valence-corrected chi connectivity index (χ3v) is 5.40. The quantitative estimate of drug-likeness (QED) is 0.740. The van der Waals surface area contributed by atoms with E-state index in [1.54, 1.807) is 28.6 Å². The Balaban J connectivity index is 2.09. The molecule has 0 bridgehead atoms. The number of nitriles is 1. The summed E-state index contributed by atoms with van der Waals surface area (Å²) in [7, 11) is -3.38. The molecule has 1 aromatic carbocycles. The molecule has 0 unspecified atom stereocenters. The van der Waals surface area contributed by atoms with E-state index >= 15 is 0 Å². The summed E-state index contributed by atoms with van der Waals surface area (Å²) in [5, 5.41) is 17.7. The minimum atomic E-state index is -3.38. The van der Waals surface area contributed by atoms with Crippen molar-refractivity contribution >= 4 is 10.0 Å². The van der Waals surface area contributed by atoms with Gasteiger partial charge < -0.3 is 5.11 Å². The molecule has 0 amide bonds. The third-order valence-electron chi connectivity index (χ3n) is 3.50. The van der Waals surface area contributed by atoms with E-state index in [1.165, 1.54) is 0 Å². The number of aliphatic hydroxyl groups is 1. The van der Waals surface area contributed by atoms with Crippen molar-refractivity contribution in [1.29, 1.82) is 5.26 Å². The summed E-state index contributed by atoms with van der Waals surface area (Å²) >= 11 is 0. The van der Waals surface area contributed by atoms with Gasteiger partial charge in [-0.3, -0.25) is 0 Å². The number of sulfonamides is 1. The van der Waals surface area contributed by atoms with E-state index in [0.29, 0.717) is 30.5 Å². The fourth-order valence-electron chi connectivity index (χ4n) is 2.31. The van der Waals surface area contributed by atoms with E-state index < -0.39 is 10.0 Å². The van der Waals surface area contributed by atoms with Gasteiger partial charge in [0.05, 0.1) is 17.4 Å². The zero-order valence-corrected chi connectivity index (χ0v) is 12.7. The van der Waals surface area contributed by atoms with E-state index in [2.05, 4.69) is 0 Å². The van der Waals surface area contributed by atoms with Gasteiger partial charge in [0.1, 0.15) is 0 Å². The van der Waals surface area contributed by atoms with E-state index in [0.717, 1.165) is 12.8 Å². The predicted molar refractivity (Wildman–Crippen MR) is 79.8 cm³/mol. The van der Waals surface area contributed by atoms with Crippen molar-refractivity contribution in [1.82, 2.24) is 4.31 Å². The first-order valence-electron chi connectivity index (χ1n) is 7.16. The van der Waals surface area contributed by atoms with Gasteiger partial charge in [0.15, 0.2) is 0 Å². The van der Waals surface area contributed by atoms with Crippen LogP contribution in [0.15, 0.2) is 24.3 Å². The third kappa shape index (κ3) is 4.53. The van der Waals surface area contributed by atoms with E-state index in [9.17, 15) is 8.42 Å². The molecule has 1 saturated carbocycles. The number of benzene rings is 1. The number of unbranched alkanes of at least 4 members (excludes halogenated alkanes) is 1. The molecule has 1 aliphatic carbocycles. The highest BCUT2D eigenvalue weighted by Crippen LogP contribution is 2.30. The lowest BCUT2D eigenvalue weighted by Gasteiger charge is -2.21. The van der Waals surface area contributed by atoms with Crippen LogP contribution in [0.25, 0.3) is 0 Å². The molecular formula is C15H20N2O3S. The average molecular weight is 308 g/mol. The molecule has 0 heterocycles. The van der Waals surface area contributed by atoms with Crippen molar-refractivity contribution in [3.8, 4) is 6.07 Å². The monoisotopic (exact) mass is 308 g/mol. The van der Waals surface area contributed by atoms with Gasteiger partial charge >= 0.3 is 0 Å². The van der Waals surface area contributed by atoms with Crippen LogP contribution >= 0.6 is 0 Å². The molecule has 1 fully saturated rings. The molecule has 0 spiro atoms. The van der Waals surface area contributed by atoms with Crippen LogP contribution in [0.2, 0.25) is 0 Å². The SMILES string of the molecule is N#Cc1cccc(CS(=O)(=O)N(CCCCO)C2CC2)c1. The van der Waals surface area contributed by atoms with Crippen LogP contribution in [0.4, 0.5) is 0 Å². The normalized spacial score (nSPS) is 15.1. The molecule has 2 rings (SSSR count). The van der Waals surface area contributed by atoms with Crippen molar-refractivity contribution in [3.05, 3.63) is 35.4 Å². The van der Waals surface area contributed by atoms with Gasteiger partial charge in [-0.1, -0.05) is 12.1 Å². The van der Waals surface area contributed by atoms with Crippen LogP contribution in [-0.2, 0) is 15.8 Å². The summed E-state index contributed by atoms with van der Waals surface area (Å²) in [4.78, 5) is 0. The second kappa shape index (κ2) is 7.03. The van der Waals surface area contributed by atoms with E-state index in [1.807, 2.05) is 6.07 Å². The van der Waals surface area contributed by atoms with Gasteiger partial charge in [-0.2, -0.15) is 9.57 Å². The van der Waals surface area contributed by atoms with Gasteiger partial charge in [-0.05, 0) is 43.4 Å². The molecule has 1 aromatic rings. The standard InChI is InChI=1S/C15H20N2O3S/c16-11-13-4-3-5-14(10-13)12-21(19,20)17(15-6-7-15)8-1-2-9-18/h3-5,10,15,18H,1-2,6-9,12H2. The molecule has 114 valence electrons. The fourth-order valence-corrected chi connectivity index (χ4v) is 4.15. The predicted octanol–water partition coefficient (Wildman–Crippen LogP) is 1.62. The van der Waals surface area contributed by atoms with Gasteiger partial charge in [0.25, 0.3) is 0 Å². The molecule has 0 radical (unpaired) electrons. The van der Waals surface area contributed by atoms with Crippen LogP contribution in [0, 0.1) is 11.3 Å². The van der Waals surface area contributed by atoms with Gasteiger partial charge in [-0.25, -0.2) is 8.42 Å². The van der Waals surface area contributed by atoms with Crippen LogP contribution in [0.5, 0.6) is 0 Å². The summed E-state index contributed by atoms with van der Waals surface area (Å²) < 4.78 is 26.7. The number of nitrogens with zero attached hydrogens (tertiary/aromatic N) is 2. The number of rotatable bonds is 8. The van der Waals surface area contributed by atoms with Crippen LogP contribution < -0.4 is 0 Å². The molecule has 1 N–H and O–H groups in total. The first kappa shape index (κ1) is 16.0. The largest absolute Gasteiger partial charge is 0.396 e. The first-order valence-corrected chi connectivity index (χ1v) is 8.77. The molecule has 0 aromatic heterocycles. The Morgan fingerprint density at radius 2 is 2.10 bits per heavy atom. The highest BCUT2D eigenvalue weighted by molar-refractivity contribution is 7.88. The minimum Gasteiger partial charge on any atom is -0.396 e. The van der Waals surface area contributed by atoms with Crippen LogP contribution in [0.1, 0.15) is 36.8 Å². The van der Waals surface area contributed by atoms with Crippen LogP contribution in [0.3, 0.4) is 0 Å². The summed E-state index contributed by atoms with van der Waals surface area (Å²) in [6.07, 6.45) is 3.11. The number of hydrogen-bond acceptors (Lipinski definition) is 4. The molecule has 0 atom stereocenters. The molecule has 6 heteroatoms. The molecule has 1 aliphatic rings. The Bertz CT molecular complexity index is 618. The Labute approximate surface area is 125 Å². The second-order valence-electron chi connectivity index (χ2n) is 5.34. The molecular weight excluding hydrogens is 288 g/mol. The molecule has 21 heavy (non-hydrogen) atoms. The van der Waals surface area contributed by atoms with Crippen LogP contribution in [-0.4, -0.2) is 37.0 Å².